The highest BCUT2D eigenvalue weighted by Crippen LogP contribution is 2.30. The smallest absolute Gasteiger partial charge is 0.195 e. The summed E-state index contributed by atoms with van der Waals surface area (Å²) >= 11 is 5.09. The quantitative estimate of drug-likeness (QED) is 0.170. The highest BCUT2D eigenvalue weighted by Gasteiger charge is 2.11. The molecular formula is C46H38O3S3. The lowest BCUT2D eigenvalue weighted by molar-refractivity contribution is 0.869. The van der Waals surface area contributed by atoms with Gasteiger partial charge in [-0.2, -0.15) is 0 Å². The van der Waals surface area contributed by atoms with Crippen LogP contribution in [0.25, 0.3) is 60.5 Å². The minimum atomic E-state index is 0.139. The van der Waals surface area contributed by atoms with E-state index in [0.29, 0.717) is 5.92 Å². The molecule has 0 atom stereocenters. The first kappa shape index (κ1) is 35.4. The van der Waals surface area contributed by atoms with E-state index in [4.69, 9.17) is 0 Å². The van der Waals surface area contributed by atoms with Gasteiger partial charge in [-0.15, -0.1) is 34.0 Å². The minimum Gasteiger partial charge on any atom is -0.289 e. The lowest BCUT2D eigenvalue weighted by Gasteiger charge is -2.08. The molecule has 0 amide bonds. The number of aryl methyl sites for hydroxylation is 2. The van der Waals surface area contributed by atoms with Gasteiger partial charge in [-0.05, 0) is 102 Å². The third-order valence-electron chi connectivity index (χ3n) is 9.35. The number of fused-ring (bicyclic) bond motifs is 6. The van der Waals surface area contributed by atoms with Gasteiger partial charge in [-0.3, -0.25) is 14.4 Å². The third kappa shape index (κ3) is 6.94. The molecule has 9 rings (SSSR count). The fourth-order valence-electron chi connectivity index (χ4n) is 6.44. The summed E-state index contributed by atoms with van der Waals surface area (Å²) in [6.07, 6.45) is 1.94. The second kappa shape index (κ2) is 15.3. The van der Waals surface area contributed by atoms with Crippen LogP contribution in [0, 0.1) is 0 Å². The molecule has 9 aromatic rings. The van der Waals surface area contributed by atoms with E-state index in [2.05, 4.69) is 52.0 Å². The first-order valence-electron chi connectivity index (χ1n) is 17.6. The van der Waals surface area contributed by atoms with E-state index in [1.807, 2.05) is 103 Å². The predicted octanol–water partition coefficient (Wildman–Crippen LogP) is 12.5. The van der Waals surface area contributed by atoms with Crippen molar-refractivity contribution in [3.8, 4) is 0 Å². The van der Waals surface area contributed by atoms with Crippen molar-refractivity contribution in [1.82, 2.24) is 0 Å². The maximum absolute atomic E-state index is 12.6. The molecule has 3 heterocycles. The molecule has 0 aliphatic rings. The summed E-state index contributed by atoms with van der Waals surface area (Å²) < 4.78 is 6.49. The van der Waals surface area contributed by atoms with Gasteiger partial charge in [-0.1, -0.05) is 88.4 Å². The van der Waals surface area contributed by atoms with Crippen LogP contribution in [0.2, 0.25) is 0 Å². The van der Waals surface area contributed by atoms with Crippen LogP contribution in [-0.2, 0) is 12.8 Å². The van der Waals surface area contributed by atoms with Gasteiger partial charge in [-0.25, -0.2) is 0 Å². The lowest BCUT2D eigenvalue weighted by Crippen LogP contribution is -2.03. The van der Waals surface area contributed by atoms with Crippen molar-refractivity contribution in [3.63, 3.8) is 0 Å². The molecule has 3 aromatic heterocycles. The predicted molar refractivity (Wildman–Crippen MR) is 230 cm³/mol. The van der Waals surface area contributed by atoms with Crippen molar-refractivity contribution >= 4 is 94.5 Å². The number of rotatable bonds is 3. The van der Waals surface area contributed by atoms with Crippen molar-refractivity contribution in [2.24, 2.45) is 0 Å². The molecule has 0 fully saturated rings. The zero-order valence-electron chi connectivity index (χ0n) is 29.6. The second-order valence-electron chi connectivity index (χ2n) is 13.0. The average molecular weight is 735 g/mol. The molecule has 258 valence electrons. The Morgan fingerprint density at radius 2 is 0.865 bits per heavy atom. The first-order valence-corrected chi connectivity index (χ1v) is 20.1. The number of hydrogen-bond acceptors (Lipinski definition) is 6. The van der Waals surface area contributed by atoms with Crippen LogP contribution in [-0.4, -0.2) is 0 Å². The van der Waals surface area contributed by atoms with Gasteiger partial charge in [0.1, 0.15) is 0 Å². The van der Waals surface area contributed by atoms with E-state index in [-0.39, 0.29) is 16.3 Å². The molecule has 0 saturated heterocycles. The van der Waals surface area contributed by atoms with E-state index in [9.17, 15) is 14.4 Å². The van der Waals surface area contributed by atoms with Gasteiger partial charge < -0.3 is 0 Å². The van der Waals surface area contributed by atoms with E-state index < -0.39 is 0 Å². The Hall–Kier alpha value is -5.01. The first-order chi connectivity index (χ1) is 25.3. The molecule has 0 aliphatic carbocycles. The molecule has 0 spiro atoms. The minimum absolute atomic E-state index is 0.139. The Bertz CT molecular complexity index is 2880. The zero-order chi connectivity index (χ0) is 36.4. The van der Waals surface area contributed by atoms with Crippen LogP contribution in [0.5, 0.6) is 0 Å². The molecule has 0 unspecified atom stereocenters. The van der Waals surface area contributed by atoms with Crippen LogP contribution in [0.3, 0.4) is 0 Å². The zero-order valence-corrected chi connectivity index (χ0v) is 32.0. The topological polar surface area (TPSA) is 51.2 Å². The molecule has 6 aromatic carbocycles. The lowest BCUT2D eigenvalue weighted by atomic mass is 10.0. The molecule has 0 aliphatic heterocycles. The van der Waals surface area contributed by atoms with Gasteiger partial charge in [0.05, 0.1) is 0 Å². The molecular weight excluding hydrogens is 697 g/mol. The molecule has 0 N–H and O–H groups in total. The fourth-order valence-corrected chi connectivity index (χ4v) is 9.80. The Morgan fingerprint density at radius 1 is 0.442 bits per heavy atom. The number of benzene rings is 6. The summed E-state index contributed by atoms with van der Waals surface area (Å²) in [5, 5.41) is 5.05. The Labute approximate surface area is 314 Å². The van der Waals surface area contributed by atoms with Crippen molar-refractivity contribution in [2.75, 3.05) is 0 Å². The normalized spacial score (nSPS) is 11.2. The van der Waals surface area contributed by atoms with Crippen molar-refractivity contribution in [2.45, 2.75) is 46.5 Å². The van der Waals surface area contributed by atoms with Gasteiger partial charge in [0, 0.05) is 60.5 Å². The summed E-state index contributed by atoms with van der Waals surface area (Å²) in [6.45, 7) is 8.59. The van der Waals surface area contributed by atoms with Crippen molar-refractivity contribution in [1.29, 1.82) is 0 Å². The summed E-state index contributed by atoms with van der Waals surface area (Å²) in [6, 6.07) is 41.8. The van der Waals surface area contributed by atoms with E-state index in [1.54, 1.807) is 34.0 Å². The Kier molecular flexibility index (Phi) is 10.4. The summed E-state index contributed by atoms with van der Waals surface area (Å²) in [5.41, 5.74) is 4.24. The van der Waals surface area contributed by atoms with E-state index >= 15 is 0 Å². The highest BCUT2D eigenvalue weighted by molar-refractivity contribution is 7.25. The maximum atomic E-state index is 12.6. The van der Waals surface area contributed by atoms with Gasteiger partial charge >= 0.3 is 0 Å². The van der Waals surface area contributed by atoms with Crippen LogP contribution in [0.15, 0.2) is 142 Å². The van der Waals surface area contributed by atoms with Crippen molar-refractivity contribution in [3.05, 3.63) is 175 Å². The molecule has 52 heavy (non-hydrogen) atoms. The summed E-state index contributed by atoms with van der Waals surface area (Å²) in [5.74, 6) is 0.449. The number of hydrogen-bond donors (Lipinski definition) is 0. The van der Waals surface area contributed by atoms with Gasteiger partial charge in [0.25, 0.3) is 0 Å². The molecule has 3 nitrogen and oxygen atoms in total. The molecule has 0 saturated carbocycles. The van der Waals surface area contributed by atoms with Crippen LogP contribution in [0.1, 0.15) is 50.3 Å². The summed E-state index contributed by atoms with van der Waals surface area (Å²) in [7, 11) is 0. The largest absolute Gasteiger partial charge is 0.289 e. The van der Waals surface area contributed by atoms with Crippen LogP contribution < -0.4 is 16.3 Å². The van der Waals surface area contributed by atoms with Crippen molar-refractivity contribution < 1.29 is 0 Å². The average Bonchev–Trinajstić information content (AvgIpc) is 3.18. The van der Waals surface area contributed by atoms with Gasteiger partial charge in [0.15, 0.2) is 16.3 Å². The highest BCUT2D eigenvalue weighted by atomic mass is 32.1. The molecule has 0 radical (unpaired) electrons. The maximum Gasteiger partial charge on any atom is 0.195 e. The molecule has 6 heteroatoms. The van der Waals surface area contributed by atoms with Crippen LogP contribution >= 0.6 is 34.0 Å². The fraction of sp³-hybridized carbons (Fsp3) is 0.152. The Balaban J connectivity index is 0.000000122. The monoisotopic (exact) mass is 734 g/mol. The van der Waals surface area contributed by atoms with E-state index in [1.165, 1.54) is 16.7 Å². The Morgan fingerprint density at radius 3 is 1.33 bits per heavy atom. The molecule has 0 bridgehead atoms. The summed E-state index contributed by atoms with van der Waals surface area (Å²) in [4.78, 5) is 37.2. The van der Waals surface area contributed by atoms with Gasteiger partial charge in [0.2, 0.25) is 0 Å². The van der Waals surface area contributed by atoms with Crippen LogP contribution in [0.4, 0.5) is 0 Å². The second-order valence-corrected chi connectivity index (χ2v) is 16.2. The van der Waals surface area contributed by atoms with E-state index in [0.717, 1.165) is 73.4 Å². The SMILES string of the molecule is CC(C)c1ccc2sc3ccccc3c(=O)c2c1.CCc1cc(CC)c2sc3ccccc3c(=O)c2c1.O=c1c2ccccc2sc2ccccc12. The third-order valence-corrected chi connectivity index (χ3v) is 12.9. The standard InChI is InChI=1S/C17H16OS.C16H14OS.C13H8OS/c1-3-11-9-12(4-2)17-14(10-11)16(18)13-7-5-6-8-15(13)19-17;1-10(2)11-7-8-15-13(9-11)16(17)12-5-3-4-6-14(12)18-15;14-13-9-5-1-3-7-11(9)15-12-8-4-2-6-10(12)13/h5-10H,3-4H2,1-2H3;3-10H,1-2H3;1-8H.